The molecule has 0 saturated carbocycles. The third-order valence-corrected chi connectivity index (χ3v) is 7.75. The number of likely N-dealkylation sites (N-methyl/N-ethyl adjacent to an activating group) is 1. The number of anilines is 6. The Hall–Kier alpha value is -3.00. The molecule has 1 fully saturated rings. The van der Waals surface area contributed by atoms with Crippen LogP contribution in [0.3, 0.4) is 0 Å². The van der Waals surface area contributed by atoms with E-state index >= 15 is 0 Å². The molecule has 2 heterocycles. The molecule has 9 nitrogen and oxygen atoms in total. The predicted molar refractivity (Wildman–Crippen MR) is 146 cm³/mol. The highest BCUT2D eigenvalue weighted by Crippen LogP contribution is 2.39. The number of hydrogen-bond acceptors (Lipinski definition) is 9. The number of piperazine rings is 1. The normalized spacial score (nSPS) is 14.6. The minimum atomic E-state index is -2.51. The van der Waals surface area contributed by atoms with Gasteiger partial charge in [-0.15, -0.1) is 0 Å². The van der Waals surface area contributed by atoms with Gasteiger partial charge in [-0.2, -0.15) is 4.98 Å². The largest absolute Gasteiger partial charge is 0.494 e. The van der Waals surface area contributed by atoms with E-state index in [4.69, 9.17) is 22.1 Å². The predicted octanol–water partition coefficient (Wildman–Crippen LogP) is 4.21. The van der Waals surface area contributed by atoms with Crippen LogP contribution in [0.25, 0.3) is 0 Å². The lowest BCUT2D eigenvalue weighted by molar-refractivity contribution is 0.313. The number of nitrogens with zero attached hydrogens (tertiary/aromatic N) is 4. The molecule has 2 aromatic carbocycles. The van der Waals surface area contributed by atoms with Gasteiger partial charge in [0.2, 0.25) is 5.95 Å². The highest BCUT2D eigenvalue weighted by molar-refractivity contribution is 7.70. The van der Waals surface area contributed by atoms with Gasteiger partial charge < -0.3 is 35.5 Å². The molecule has 4 N–H and O–H groups in total. The minimum Gasteiger partial charge on any atom is -0.494 e. The SMILES string of the molecule is COc1cc(N2CCN(C)CC2)c(N)cc1Nc1ncc(Cl)c(Nc2ccccc2P(C)(C)=O)n1. The number of methoxy groups -OCH3 is 1. The Bertz CT molecular complexity index is 1260. The average Bonchev–Trinajstić information content (AvgIpc) is 2.82. The maximum Gasteiger partial charge on any atom is 0.229 e. The van der Waals surface area contributed by atoms with Crippen LogP contribution >= 0.6 is 18.7 Å². The van der Waals surface area contributed by atoms with Crippen molar-refractivity contribution in [1.29, 1.82) is 0 Å². The number of hydrogen-bond donors (Lipinski definition) is 3. The van der Waals surface area contributed by atoms with Crippen LogP contribution < -0.4 is 31.3 Å². The molecule has 1 aliphatic heterocycles. The molecule has 35 heavy (non-hydrogen) atoms. The van der Waals surface area contributed by atoms with Crippen LogP contribution in [0.4, 0.5) is 34.5 Å². The Balaban J connectivity index is 1.60. The van der Waals surface area contributed by atoms with Crippen LogP contribution in [0.2, 0.25) is 5.02 Å². The van der Waals surface area contributed by atoms with Crippen molar-refractivity contribution < 1.29 is 9.30 Å². The van der Waals surface area contributed by atoms with Crippen molar-refractivity contribution in [3.8, 4) is 5.75 Å². The first-order chi connectivity index (χ1) is 16.7. The molecule has 0 atom stereocenters. The summed E-state index contributed by atoms with van der Waals surface area (Å²) < 4.78 is 18.4. The van der Waals surface area contributed by atoms with Crippen LogP contribution in [0.15, 0.2) is 42.6 Å². The third kappa shape index (κ3) is 5.81. The average molecular weight is 516 g/mol. The van der Waals surface area contributed by atoms with Gasteiger partial charge in [-0.25, -0.2) is 4.98 Å². The number of para-hydroxylation sites is 1. The first-order valence-electron chi connectivity index (χ1n) is 11.3. The van der Waals surface area contributed by atoms with E-state index in [0.717, 1.165) is 37.2 Å². The molecule has 11 heteroatoms. The Morgan fingerprint density at radius 3 is 2.49 bits per heavy atom. The second-order valence-electron chi connectivity index (χ2n) is 8.91. The van der Waals surface area contributed by atoms with Crippen molar-refractivity contribution in [2.45, 2.75) is 0 Å². The summed E-state index contributed by atoms with van der Waals surface area (Å²) in [6.45, 7) is 7.20. The number of nitrogens with one attached hydrogen (secondary N) is 2. The number of benzene rings is 2. The van der Waals surface area contributed by atoms with Crippen molar-refractivity contribution in [2.24, 2.45) is 0 Å². The maximum atomic E-state index is 12.7. The van der Waals surface area contributed by atoms with Gasteiger partial charge >= 0.3 is 0 Å². The van der Waals surface area contributed by atoms with Crippen LogP contribution in [0.1, 0.15) is 0 Å². The molecular formula is C24H31ClN7O2P. The Morgan fingerprint density at radius 2 is 1.80 bits per heavy atom. The van der Waals surface area contributed by atoms with Crippen molar-refractivity contribution in [3.63, 3.8) is 0 Å². The number of aromatic nitrogens is 2. The highest BCUT2D eigenvalue weighted by atomic mass is 35.5. The van der Waals surface area contributed by atoms with E-state index < -0.39 is 7.14 Å². The molecule has 0 spiro atoms. The zero-order chi connectivity index (χ0) is 25.2. The molecule has 0 unspecified atom stereocenters. The molecule has 0 bridgehead atoms. The lowest BCUT2D eigenvalue weighted by atomic mass is 10.2. The smallest absolute Gasteiger partial charge is 0.229 e. The monoisotopic (exact) mass is 515 g/mol. The minimum absolute atomic E-state index is 0.315. The van der Waals surface area contributed by atoms with Crippen molar-refractivity contribution >= 4 is 58.6 Å². The van der Waals surface area contributed by atoms with E-state index in [1.165, 1.54) is 6.20 Å². The fourth-order valence-corrected chi connectivity index (χ4v) is 5.28. The number of ether oxygens (including phenoxy) is 1. The zero-order valence-electron chi connectivity index (χ0n) is 20.4. The Labute approximate surface area is 211 Å². The molecular weight excluding hydrogens is 485 g/mol. The quantitative estimate of drug-likeness (QED) is 0.315. The highest BCUT2D eigenvalue weighted by Gasteiger charge is 2.20. The van der Waals surface area contributed by atoms with E-state index in [9.17, 15) is 4.57 Å². The van der Waals surface area contributed by atoms with Gasteiger partial charge in [-0.05, 0) is 38.6 Å². The van der Waals surface area contributed by atoms with Gasteiger partial charge in [0.25, 0.3) is 0 Å². The van der Waals surface area contributed by atoms with E-state index in [2.05, 4.69) is 37.4 Å². The number of halogens is 1. The summed E-state index contributed by atoms with van der Waals surface area (Å²) in [6, 6.07) is 11.2. The molecule has 0 amide bonds. The van der Waals surface area contributed by atoms with Gasteiger partial charge in [0.15, 0.2) is 5.82 Å². The van der Waals surface area contributed by atoms with Crippen molar-refractivity contribution in [1.82, 2.24) is 14.9 Å². The second kappa shape index (κ2) is 10.3. The van der Waals surface area contributed by atoms with Gasteiger partial charge in [-0.1, -0.05) is 23.7 Å². The summed E-state index contributed by atoms with van der Waals surface area (Å²) in [5.74, 6) is 1.34. The van der Waals surface area contributed by atoms with Gasteiger partial charge in [0.1, 0.15) is 17.9 Å². The van der Waals surface area contributed by atoms with E-state index in [0.29, 0.717) is 39.6 Å². The lowest BCUT2D eigenvalue weighted by Crippen LogP contribution is -2.44. The van der Waals surface area contributed by atoms with Crippen LogP contribution in [-0.4, -0.2) is 68.5 Å². The molecule has 1 aliphatic rings. The first-order valence-corrected chi connectivity index (χ1v) is 14.3. The van der Waals surface area contributed by atoms with Crippen LogP contribution in [0.5, 0.6) is 5.75 Å². The van der Waals surface area contributed by atoms with Crippen molar-refractivity contribution in [2.75, 3.05) is 74.9 Å². The standard InChI is InChI=1S/C24H31ClN7O2P/c1-31-9-11-32(12-10-31)20-14-21(34-2)19(13-17(20)26)29-24-27-15-16(25)23(30-24)28-18-7-5-6-8-22(18)35(3,4)33/h5-8,13-15H,9-12,26H2,1-4H3,(H2,27,28,29,30). The summed E-state index contributed by atoms with van der Waals surface area (Å²) >= 11 is 6.38. The molecule has 4 rings (SSSR count). The molecule has 1 aromatic heterocycles. The summed E-state index contributed by atoms with van der Waals surface area (Å²) in [7, 11) is 1.22. The zero-order valence-corrected chi connectivity index (χ0v) is 22.0. The summed E-state index contributed by atoms with van der Waals surface area (Å²) in [5.41, 5.74) is 9.34. The molecule has 186 valence electrons. The Kier molecular flexibility index (Phi) is 7.40. The lowest BCUT2D eigenvalue weighted by Gasteiger charge is -2.35. The summed E-state index contributed by atoms with van der Waals surface area (Å²) in [6.07, 6.45) is 1.51. The maximum absolute atomic E-state index is 12.7. The number of nitrogens with two attached hydrogens (primary N) is 1. The fourth-order valence-electron chi connectivity index (χ4n) is 3.99. The van der Waals surface area contributed by atoms with Gasteiger partial charge in [0.05, 0.1) is 36.1 Å². The molecule has 1 saturated heterocycles. The molecule has 0 aliphatic carbocycles. The van der Waals surface area contributed by atoms with Crippen LogP contribution in [0, 0.1) is 0 Å². The topological polar surface area (TPSA) is 109 Å². The van der Waals surface area contributed by atoms with E-state index in [1.54, 1.807) is 20.4 Å². The van der Waals surface area contributed by atoms with E-state index in [-0.39, 0.29) is 0 Å². The van der Waals surface area contributed by atoms with Gasteiger partial charge in [0, 0.05) is 37.5 Å². The number of nitrogen functional groups attached to an aromatic ring is 1. The number of rotatable bonds is 7. The fraction of sp³-hybridized carbons (Fsp3) is 0.333. The molecule has 3 aromatic rings. The first kappa shape index (κ1) is 25.1. The van der Waals surface area contributed by atoms with Gasteiger partial charge in [-0.3, -0.25) is 0 Å². The molecule has 0 radical (unpaired) electrons. The second-order valence-corrected chi connectivity index (χ2v) is 12.5. The summed E-state index contributed by atoms with van der Waals surface area (Å²) in [5, 5.41) is 7.46. The third-order valence-electron chi connectivity index (χ3n) is 5.92. The van der Waals surface area contributed by atoms with Crippen LogP contribution in [-0.2, 0) is 4.57 Å². The van der Waals surface area contributed by atoms with E-state index in [1.807, 2.05) is 36.4 Å². The Morgan fingerprint density at radius 1 is 1.09 bits per heavy atom. The van der Waals surface area contributed by atoms with Crippen molar-refractivity contribution in [3.05, 3.63) is 47.6 Å². The summed E-state index contributed by atoms with van der Waals surface area (Å²) in [4.78, 5) is 13.4.